The lowest BCUT2D eigenvalue weighted by Gasteiger charge is -2.03. The molecule has 1 nitrogen and oxygen atoms in total. The molecule has 0 atom stereocenters. The Morgan fingerprint density at radius 3 is 3.10 bits per heavy atom. The van der Waals surface area contributed by atoms with Gasteiger partial charge in [0.2, 0.25) is 0 Å². The molecule has 0 aliphatic heterocycles. The van der Waals surface area contributed by atoms with Crippen molar-refractivity contribution in [3.05, 3.63) is 23.8 Å². The Hall–Kier alpha value is -0.760. The SMILES string of the molecule is CN=CC1=CC=CCC1=S. The fraction of sp³-hybridized carbons (Fsp3) is 0.250. The lowest BCUT2D eigenvalue weighted by atomic mass is 10.1. The van der Waals surface area contributed by atoms with Crippen LogP contribution in [-0.4, -0.2) is 18.1 Å². The molecule has 0 amide bonds. The highest BCUT2D eigenvalue weighted by atomic mass is 32.1. The maximum absolute atomic E-state index is 5.08. The Morgan fingerprint density at radius 2 is 2.50 bits per heavy atom. The standard InChI is InChI=1S/C8H9NS/c1-9-6-7-4-2-3-5-8(7)10/h2-4,6H,5H2,1H3. The van der Waals surface area contributed by atoms with E-state index in [1.807, 2.05) is 12.2 Å². The Kier molecular flexibility index (Phi) is 2.51. The molecule has 1 rings (SSSR count). The molecule has 0 saturated carbocycles. The summed E-state index contributed by atoms with van der Waals surface area (Å²) in [5.41, 5.74) is 1.07. The summed E-state index contributed by atoms with van der Waals surface area (Å²) >= 11 is 5.08. The predicted octanol–water partition coefficient (Wildman–Crippen LogP) is 1.94. The number of rotatable bonds is 1. The maximum Gasteiger partial charge on any atom is 0.0292 e. The van der Waals surface area contributed by atoms with Crippen molar-refractivity contribution in [1.82, 2.24) is 0 Å². The van der Waals surface area contributed by atoms with E-state index in [0.717, 1.165) is 16.9 Å². The van der Waals surface area contributed by atoms with E-state index in [2.05, 4.69) is 11.1 Å². The molecule has 0 saturated heterocycles. The van der Waals surface area contributed by atoms with Gasteiger partial charge in [0.25, 0.3) is 0 Å². The van der Waals surface area contributed by atoms with Gasteiger partial charge in [-0.2, -0.15) is 0 Å². The van der Waals surface area contributed by atoms with E-state index in [4.69, 9.17) is 12.2 Å². The third-order valence-electron chi connectivity index (χ3n) is 1.31. The van der Waals surface area contributed by atoms with Crippen LogP contribution in [0.5, 0.6) is 0 Å². The second kappa shape index (κ2) is 3.42. The minimum atomic E-state index is 0.882. The van der Waals surface area contributed by atoms with Gasteiger partial charge in [-0.15, -0.1) is 0 Å². The summed E-state index contributed by atoms with van der Waals surface area (Å²) in [6.45, 7) is 0. The van der Waals surface area contributed by atoms with E-state index in [-0.39, 0.29) is 0 Å². The monoisotopic (exact) mass is 151 g/mol. The van der Waals surface area contributed by atoms with Crippen LogP contribution in [0, 0.1) is 0 Å². The maximum atomic E-state index is 5.08. The van der Waals surface area contributed by atoms with Crippen LogP contribution in [0.4, 0.5) is 0 Å². The molecular weight excluding hydrogens is 142 g/mol. The number of nitrogens with zero attached hydrogens (tertiary/aromatic N) is 1. The summed E-state index contributed by atoms with van der Waals surface area (Å²) in [7, 11) is 1.75. The lowest BCUT2D eigenvalue weighted by Crippen LogP contribution is -2.01. The number of allylic oxidation sites excluding steroid dienone is 4. The van der Waals surface area contributed by atoms with E-state index in [9.17, 15) is 0 Å². The zero-order valence-electron chi connectivity index (χ0n) is 5.87. The molecule has 0 heterocycles. The van der Waals surface area contributed by atoms with Gasteiger partial charge in [0, 0.05) is 30.1 Å². The molecule has 0 radical (unpaired) electrons. The highest BCUT2D eigenvalue weighted by Gasteiger charge is 2.01. The molecule has 0 fully saturated rings. The van der Waals surface area contributed by atoms with Crippen LogP contribution in [0.25, 0.3) is 0 Å². The molecule has 0 N–H and O–H groups in total. The molecule has 10 heavy (non-hydrogen) atoms. The Labute approximate surface area is 66.2 Å². The van der Waals surface area contributed by atoms with Gasteiger partial charge in [-0.05, 0) is 0 Å². The molecule has 52 valence electrons. The summed E-state index contributed by atoms with van der Waals surface area (Å²) in [4.78, 5) is 4.87. The average Bonchev–Trinajstić information content (AvgIpc) is 1.94. The predicted molar refractivity (Wildman–Crippen MR) is 48.9 cm³/mol. The second-order valence-corrected chi connectivity index (χ2v) is 2.56. The number of aliphatic imine (C=N–C) groups is 1. The topological polar surface area (TPSA) is 12.4 Å². The largest absolute Gasteiger partial charge is 0.296 e. The van der Waals surface area contributed by atoms with Crippen LogP contribution >= 0.6 is 12.2 Å². The third kappa shape index (κ3) is 1.61. The van der Waals surface area contributed by atoms with Crippen molar-refractivity contribution in [3.8, 4) is 0 Å². The Bertz CT molecular complexity index is 223. The summed E-state index contributed by atoms with van der Waals surface area (Å²) < 4.78 is 0. The summed E-state index contributed by atoms with van der Waals surface area (Å²) in [5.74, 6) is 0. The van der Waals surface area contributed by atoms with Crippen molar-refractivity contribution < 1.29 is 0 Å². The first-order chi connectivity index (χ1) is 4.84. The van der Waals surface area contributed by atoms with E-state index >= 15 is 0 Å². The molecule has 0 aromatic heterocycles. The normalized spacial score (nSPS) is 18.1. The third-order valence-corrected chi connectivity index (χ3v) is 1.71. The molecule has 0 spiro atoms. The van der Waals surface area contributed by atoms with E-state index in [1.165, 1.54) is 0 Å². The van der Waals surface area contributed by atoms with Crippen molar-refractivity contribution >= 4 is 23.3 Å². The second-order valence-electron chi connectivity index (χ2n) is 2.06. The van der Waals surface area contributed by atoms with Crippen LogP contribution in [0.15, 0.2) is 28.8 Å². The van der Waals surface area contributed by atoms with E-state index in [1.54, 1.807) is 13.3 Å². The fourth-order valence-electron chi connectivity index (χ4n) is 0.812. The smallest absolute Gasteiger partial charge is 0.0292 e. The summed E-state index contributed by atoms with van der Waals surface area (Å²) in [6.07, 6.45) is 8.72. The number of hydrogen-bond donors (Lipinski definition) is 0. The minimum Gasteiger partial charge on any atom is -0.296 e. The van der Waals surface area contributed by atoms with Crippen molar-refractivity contribution in [3.63, 3.8) is 0 Å². The minimum absolute atomic E-state index is 0.882. The zero-order valence-corrected chi connectivity index (χ0v) is 6.69. The van der Waals surface area contributed by atoms with Gasteiger partial charge in [0.1, 0.15) is 0 Å². The molecule has 0 bridgehead atoms. The van der Waals surface area contributed by atoms with Crippen molar-refractivity contribution in [1.29, 1.82) is 0 Å². The molecule has 0 aromatic carbocycles. The van der Waals surface area contributed by atoms with Gasteiger partial charge < -0.3 is 0 Å². The van der Waals surface area contributed by atoms with E-state index in [0.29, 0.717) is 0 Å². The van der Waals surface area contributed by atoms with Gasteiger partial charge in [0.15, 0.2) is 0 Å². The number of thiocarbonyl (C=S) groups is 1. The quantitative estimate of drug-likeness (QED) is 0.412. The van der Waals surface area contributed by atoms with Gasteiger partial charge in [0.05, 0.1) is 0 Å². The van der Waals surface area contributed by atoms with Gasteiger partial charge in [-0.25, -0.2) is 0 Å². The van der Waals surface area contributed by atoms with Crippen molar-refractivity contribution in [2.75, 3.05) is 7.05 Å². The summed E-state index contributed by atoms with van der Waals surface area (Å²) in [5, 5.41) is 0. The first-order valence-electron chi connectivity index (χ1n) is 3.17. The van der Waals surface area contributed by atoms with E-state index < -0.39 is 0 Å². The first-order valence-corrected chi connectivity index (χ1v) is 3.57. The van der Waals surface area contributed by atoms with Gasteiger partial charge in [-0.3, -0.25) is 4.99 Å². The van der Waals surface area contributed by atoms with Gasteiger partial charge in [-0.1, -0.05) is 30.4 Å². The lowest BCUT2D eigenvalue weighted by molar-refractivity contribution is 1.44. The van der Waals surface area contributed by atoms with Crippen LogP contribution in [0.2, 0.25) is 0 Å². The Balaban J connectivity index is 2.80. The van der Waals surface area contributed by atoms with Crippen LogP contribution < -0.4 is 0 Å². The Morgan fingerprint density at radius 1 is 1.70 bits per heavy atom. The van der Waals surface area contributed by atoms with Gasteiger partial charge >= 0.3 is 0 Å². The van der Waals surface area contributed by atoms with Crippen molar-refractivity contribution in [2.24, 2.45) is 4.99 Å². The zero-order chi connectivity index (χ0) is 7.40. The molecule has 1 aliphatic carbocycles. The summed E-state index contributed by atoms with van der Waals surface area (Å²) in [6, 6.07) is 0. The highest BCUT2D eigenvalue weighted by Crippen LogP contribution is 2.07. The molecule has 0 aromatic rings. The van der Waals surface area contributed by atoms with Crippen molar-refractivity contribution in [2.45, 2.75) is 6.42 Å². The molecule has 2 heteroatoms. The fourth-order valence-corrected chi connectivity index (χ4v) is 1.03. The molecular formula is C8H9NS. The molecule has 1 aliphatic rings. The van der Waals surface area contributed by atoms with Crippen LogP contribution in [0.1, 0.15) is 6.42 Å². The number of hydrogen-bond acceptors (Lipinski definition) is 2. The highest BCUT2D eigenvalue weighted by molar-refractivity contribution is 7.81. The first kappa shape index (κ1) is 7.35. The molecule has 0 unspecified atom stereocenters. The average molecular weight is 151 g/mol. The van der Waals surface area contributed by atoms with Crippen LogP contribution in [-0.2, 0) is 0 Å². The van der Waals surface area contributed by atoms with Crippen LogP contribution in [0.3, 0.4) is 0 Å².